The average Bonchev–Trinajstić information content (AvgIpc) is 2.82. The highest BCUT2D eigenvalue weighted by Crippen LogP contribution is 2.32. The number of anilines is 1. The summed E-state index contributed by atoms with van der Waals surface area (Å²) in [5.74, 6) is 0.255. The van der Waals surface area contributed by atoms with E-state index in [4.69, 9.17) is 0 Å². The van der Waals surface area contributed by atoms with Gasteiger partial charge in [0.25, 0.3) is 0 Å². The predicted octanol–water partition coefficient (Wildman–Crippen LogP) is 3.77. The maximum absolute atomic E-state index is 12.4. The number of Topliss-reactive ketones (excluding diaryl/α,β-unsaturated/α-hetero) is 1. The van der Waals surface area contributed by atoms with Crippen LogP contribution in [-0.4, -0.2) is 12.3 Å². The third kappa shape index (κ3) is 2.56. The highest BCUT2D eigenvalue weighted by molar-refractivity contribution is 9.10. The lowest BCUT2D eigenvalue weighted by Gasteiger charge is -2.09. The van der Waals surface area contributed by atoms with Gasteiger partial charge in [0.15, 0.2) is 0 Å². The van der Waals surface area contributed by atoms with Crippen LogP contribution < -0.4 is 5.32 Å². The van der Waals surface area contributed by atoms with Gasteiger partial charge in [0, 0.05) is 23.1 Å². The van der Waals surface area contributed by atoms with Crippen molar-refractivity contribution in [3.63, 3.8) is 0 Å². The Labute approximate surface area is 121 Å². The van der Waals surface area contributed by atoms with Crippen LogP contribution in [0.1, 0.15) is 17.0 Å². The molecule has 0 amide bonds. The minimum atomic E-state index is -0.0184. The van der Waals surface area contributed by atoms with Gasteiger partial charge in [-0.2, -0.15) is 0 Å². The maximum Gasteiger partial charge on any atom is 0.146 e. The molecular weight excluding hydrogens is 302 g/mol. The molecule has 1 atom stereocenters. The summed E-state index contributed by atoms with van der Waals surface area (Å²) in [6.07, 6.45) is 0.486. The highest BCUT2D eigenvalue weighted by Gasteiger charge is 2.27. The number of hydrogen-bond acceptors (Lipinski definition) is 2. The molecule has 2 aromatic carbocycles. The SMILES string of the molecule is O=C(Cc1cccc(Br)c1)C1CNc2ccccc21. The molecule has 0 fully saturated rings. The molecule has 2 nitrogen and oxygen atoms in total. The van der Waals surface area contributed by atoms with Gasteiger partial charge in [-0.05, 0) is 29.3 Å². The Morgan fingerprint density at radius 2 is 2.05 bits per heavy atom. The summed E-state index contributed by atoms with van der Waals surface area (Å²) in [7, 11) is 0. The van der Waals surface area contributed by atoms with Gasteiger partial charge in [-0.15, -0.1) is 0 Å². The van der Waals surface area contributed by atoms with Crippen molar-refractivity contribution in [3.05, 3.63) is 64.1 Å². The van der Waals surface area contributed by atoms with E-state index in [1.165, 1.54) is 0 Å². The zero-order valence-corrected chi connectivity index (χ0v) is 12.0. The van der Waals surface area contributed by atoms with E-state index in [0.29, 0.717) is 13.0 Å². The molecule has 0 spiro atoms. The fourth-order valence-corrected chi connectivity index (χ4v) is 2.99. The lowest BCUT2D eigenvalue weighted by Crippen LogP contribution is -2.16. The second-order valence-electron chi connectivity index (χ2n) is 4.79. The summed E-state index contributed by atoms with van der Waals surface area (Å²) in [5.41, 5.74) is 3.28. The van der Waals surface area contributed by atoms with Gasteiger partial charge in [0.1, 0.15) is 5.78 Å². The first kappa shape index (κ1) is 12.4. The Balaban J connectivity index is 1.79. The van der Waals surface area contributed by atoms with Gasteiger partial charge in [0.05, 0.1) is 5.92 Å². The van der Waals surface area contributed by atoms with Gasteiger partial charge in [-0.1, -0.05) is 46.3 Å². The van der Waals surface area contributed by atoms with Crippen LogP contribution in [0.25, 0.3) is 0 Å². The van der Waals surface area contributed by atoms with Crippen molar-refractivity contribution < 1.29 is 4.79 Å². The molecule has 1 N–H and O–H groups in total. The fraction of sp³-hybridized carbons (Fsp3) is 0.188. The summed E-state index contributed by atoms with van der Waals surface area (Å²) in [6, 6.07) is 16.0. The second kappa shape index (κ2) is 5.17. The van der Waals surface area contributed by atoms with E-state index in [1.807, 2.05) is 48.5 Å². The van der Waals surface area contributed by atoms with Crippen molar-refractivity contribution in [2.75, 3.05) is 11.9 Å². The van der Waals surface area contributed by atoms with Crippen LogP contribution in [0.3, 0.4) is 0 Å². The van der Waals surface area contributed by atoms with Crippen molar-refractivity contribution in [3.8, 4) is 0 Å². The zero-order chi connectivity index (χ0) is 13.2. The zero-order valence-electron chi connectivity index (χ0n) is 10.4. The number of carbonyl (C=O) groups is 1. The van der Waals surface area contributed by atoms with E-state index < -0.39 is 0 Å². The van der Waals surface area contributed by atoms with Gasteiger partial charge in [-0.25, -0.2) is 0 Å². The van der Waals surface area contributed by atoms with E-state index in [-0.39, 0.29) is 11.7 Å². The lowest BCUT2D eigenvalue weighted by atomic mass is 9.93. The Bertz CT molecular complexity index is 624. The molecule has 0 bridgehead atoms. The van der Waals surface area contributed by atoms with Gasteiger partial charge >= 0.3 is 0 Å². The normalized spacial score (nSPS) is 16.8. The number of rotatable bonds is 3. The summed E-state index contributed by atoms with van der Waals surface area (Å²) >= 11 is 3.44. The summed E-state index contributed by atoms with van der Waals surface area (Å²) in [5, 5.41) is 3.30. The molecular formula is C16H14BrNO. The molecule has 96 valence electrons. The topological polar surface area (TPSA) is 29.1 Å². The largest absolute Gasteiger partial charge is 0.384 e. The summed E-state index contributed by atoms with van der Waals surface area (Å²) < 4.78 is 1.02. The van der Waals surface area contributed by atoms with Crippen LogP contribution in [0, 0.1) is 0 Å². The first-order valence-corrected chi connectivity index (χ1v) is 7.13. The maximum atomic E-state index is 12.4. The van der Waals surface area contributed by atoms with E-state index in [0.717, 1.165) is 21.3 Å². The first-order chi connectivity index (χ1) is 9.24. The number of ketones is 1. The molecule has 0 saturated carbocycles. The lowest BCUT2D eigenvalue weighted by molar-refractivity contribution is -0.119. The van der Waals surface area contributed by atoms with E-state index in [1.54, 1.807) is 0 Å². The molecule has 1 heterocycles. The number of nitrogens with one attached hydrogen (secondary N) is 1. The minimum absolute atomic E-state index is 0.0184. The second-order valence-corrected chi connectivity index (χ2v) is 5.71. The van der Waals surface area contributed by atoms with Crippen LogP contribution in [0.15, 0.2) is 53.0 Å². The van der Waals surface area contributed by atoms with Crippen molar-refractivity contribution >= 4 is 27.4 Å². The van der Waals surface area contributed by atoms with E-state index in [2.05, 4.69) is 21.2 Å². The number of halogens is 1. The molecule has 19 heavy (non-hydrogen) atoms. The summed E-state index contributed by atoms with van der Waals surface area (Å²) in [4.78, 5) is 12.4. The third-order valence-corrected chi connectivity index (χ3v) is 3.98. The number of carbonyl (C=O) groups excluding carboxylic acids is 1. The molecule has 1 unspecified atom stereocenters. The van der Waals surface area contributed by atoms with Gasteiger partial charge < -0.3 is 5.32 Å². The number of benzene rings is 2. The Hall–Kier alpha value is -1.61. The van der Waals surface area contributed by atoms with E-state index >= 15 is 0 Å². The number of para-hydroxylation sites is 1. The Morgan fingerprint density at radius 3 is 2.89 bits per heavy atom. The van der Waals surface area contributed by atoms with Gasteiger partial charge in [0.2, 0.25) is 0 Å². The van der Waals surface area contributed by atoms with Crippen LogP contribution in [-0.2, 0) is 11.2 Å². The van der Waals surface area contributed by atoms with Gasteiger partial charge in [-0.3, -0.25) is 4.79 Å². The van der Waals surface area contributed by atoms with Crippen molar-refractivity contribution in [2.24, 2.45) is 0 Å². The number of hydrogen-bond donors (Lipinski definition) is 1. The fourth-order valence-electron chi connectivity index (χ4n) is 2.54. The Kier molecular flexibility index (Phi) is 3.38. The van der Waals surface area contributed by atoms with Crippen LogP contribution in [0.4, 0.5) is 5.69 Å². The third-order valence-electron chi connectivity index (χ3n) is 3.49. The minimum Gasteiger partial charge on any atom is -0.384 e. The molecule has 0 aromatic heterocycles. The molecule has 0 saturated heterocycles. The van der Waals surface area contributed by atoms with Crippen LogP contribution >= 0.6 is 15.9 Å². The summed E-state index contributed by atoms with van der Waals surface area (Å²) in [6.45, 7) is 0.714. The van der Waals surface area contributed by atoms with E-state index in [9.17, 15) is 4.79 Å². The molecule has 3 heteroatoms. The molecule has 3 rings (SSSR count). The van der Waals surface area contributed by atoms with Crippen LogP contribution in [0.5, 0.6) is 0 Å². The quantitative estimate of drug-likeness (QED) is 0.934. The molecule has 1 aliphatic heterocycles. The number of fused-ring (bicyclic) bond motifs is 1. The average molecular weight is 316 g/mol. The highest BCUT2D eigenvalue weighted by atomic mass is 79.9. The predicted molar refractivity (Wildman–Crippen MR) is 80.5 cm³/mol. The molecule has 0 radical (unpaired) electrons. The molecule has 2 aromatic rings. The first-order valence-electron chi connectivity index (χ1n) is 6.34. The van der Waals surface area contributed by atoms with Crippen molar-refractivity contribution in [1.29, 1.82) is 0 Å². The molecule has 0 aliphatic carbocycles. The standard InChI is InChI=1S/C16H14BrNO/c17-12-5-3-4-11(8-12)9-16(19)14-10-18-15-7-2-1-6-13(14)15/h1-8,14,18H,9-10H2. The molecule has 1 aliphatic rings. The Morgan fingerprint density at radius 1 is 1.21 bits per heavy atom. The monoisotopic (exact) mass is 315 g/mol. The van der Waals surface area contributed by atoms with Crippen LogP contribution in [0.2, 0.25) is 0 Å². The smallest absolute Gasteiger partial charge is 0.146 e. The van der Waals surface area contributed by atoms with Crippen molar-refractivity contribution in [1.82, 2.24) is 0 Å². The van der Waals surface area contributed by atoms with Crippen molar-refractivity contribution in [2.45, 2.75) is 12.3 Å².